The van der Waals surface area contributed by atoms with E-state index in [1.54, 1.807) is 7.11 Å². The number of nitrogens with zero attached hydrogens (tertiary/aromatic N) is 2. The zero-order valence-electron chi connectivity index (χ0n) is 16.4. The molecule has 28 heavy (non-hydrogen) atoms. The molecule has 0 unspecified atom stereocenters. The van der Waals surface area contributed by atoms with Crippen LogP contribution in [0.5, 0.6) is 5.75 Å². The van der Waals surface area contributed by atoms with Crippen molar-refractivity contribution >= 4 is 11.6 Å². The number of ether oxygens (including phenoxy) is 1. The van der Waals surface area contributed by atoms with Crippen LogP contribution in [0.2, 0.25) is 0 Å². The Morgan fingerprint density at radius 2 is 1.46 bits per heavy atom. The molecule has 0 saturated carbocycles. The summed E-state index contributed by atoms with van der Waals surface area (Å²) in [6.45, 7) is 1.56. The number of benzene rings is 3. The SMILES string of the molecule is COc1cccc(CN(C)CC(=O)N(Cc2ccccc2)c2ccccc2)c1. The lowest BCUT2D eigenvalue weighted by atomic mass is 10.2. The molecule has 4 nitrogen and oxygen atoms in total. The van der Waals surface area contributed by atoms with Gasteiger partial charge >= 0.3 is 0 Å². The van der Waals surface area contributed by atoms with Crippen LogP contribution in [-0.4, -0.2) is 31.5 Å². The molecule has 144 valence electrons. The Balaban J connectivity index is 1.71. The van der Waals surface area contributed by atoms with Crippen LogP contribution >= 0.6 is 0 Å². The number of hydrogen-bond acceptors (Lipinski definition) is 3. The topological polar surface area (TPSA) is 32.8 Å². The first-order valence-electron chi connectivity index (χ1n) is 9.36. The molecule has 0 N–H and O–H groups in total. The number of carbonyl (C=O) groups is 1. The molecule has 3 aromatic carbocycles. The Morgan fingerprint density at radius 1 is 0.821 bits per heavy atom. The average molecular weight is 374 g/mol. The first-order valence-corrected chi connectivity index (χ1v) is 9.36. The molecule has 0 aliphatic heterocycles. The Labute approximate surface area is 167 Å². The minimum atomic E-state index is 0.0699. The number of carbonyl (C=O) groups excluding carboxylic acids is 1. The number of anilines is 1. The van der Waals surface area contributed by atoms with Crippen LogP contribution in [0, 0.1) is 0 Å². The second-order valence-corrected chi connectivity index (χ2v) is 6.82. The molecule has 0 aliphatic carbocycles. The van der Waals surface area contributed by atoms with Gasteiger partial charge in [0, 0.05) is 12.2 Å². The Kier molecular flexibility index (Phi) is 6.82. The van der Waals surface area contributed by atoms with Crippen molar-refractivity contribution in [2.24, 2.45) is 0 Å². The van der Waals surface area contributed by atoms with Crippen LogP contribution in [0.15, 0.2) is 84.9 Å². The summed E-state index contributed by atoms with van der Waals surface area (Å²) >= 11 is 0. The minimum absolute atomic E-state index is 0.0699. The molecule has 1 amide bonds. The van der Waals surface area contributed by atoms with Crippen molar-refractivity contribution in [3.8, 4) is 5.75 Å². The molecular weight excluding hydrogens is 348 g/mol. The van der Waals surface area contributed by atoms with Gasteiger partial charge in [0.2, 0.25) is 5.91 Å². The van der Waals surface area contributed by atoms with Crippen LogP contribution in [0.3, 0.4) is 0 Å². The molecule has 3 rings (SSSR count). The predicted molar refractivity (Wildman–Crippen MR) is 113 cm³/mol. The number of likely N-dealkylation sites (N-methyl/N-ethyl adjacent to an activating group) is 1. The predicted octanol–water partition coefficient (Wildman–Crippen LogP) is 4.36. The molecule has 0 aliphatic rings. The zero-order chi connectivity index (χ0) is 19.8. The quantitative estimate of drug-likeness (QED) is 0.587. The van der Waals surface area contributed by atoms with Gasteiger partial charge in [-0.2, -0.15) is 0 Å². The van der Waals surface area contributed by atoms with Crippen LogP contribution in [-0.2, 0) is 17.9 Å². The smallest absolute Gasteiger partial charge is 0.241 e. The maximum atomic E-state index is 13.1. The van der Waals surface area contributed by atoms with Crippen molar-refractivity contribution in [3.05, 3.63) is 96.1 Å². The average Bonchev–Trinajstić information content (AvgIpc) is 2.73. The maximum Gasteiger partial charge on any atom is 0.241 e. The normalized spacial score (nSPS) is 10.7. The van der Waals surface area contributed by atoms with E-state index < -0.39 is 0 Å². The molecular formula is C24H26N2O2. The van der Waals surface area contributed by atoms with E-state index in [0.717, 1.165) is 22.6 Å². The Hall–Kier alpha value is -3.11. The number of amides is 1. The second kappa shape index (κ2) is 9.72. The molecule has 0 fully saturated rings. The summed E-state index contributed by atoms with van der Waals surface area (Å²) in [5.41, 5.74) is 3.13. The lowest BCUT2D eigenvalue weighted by molar-refractivity contribution is -0.119. The van der Waals surface area contributed by atoms with Gasteiger partial charge in [-0.15, -0.1) is 0 Å². The largest absolute Gasteiger partial charge is 0.497 e. The highest BCUT2D eigenvalue weighted by molar-refractivity contribution is 5.94. The van der Waals surface area contributed by atoms with Gasteiger partial charge in [0.25, 0.3) is 0 Å². The first kappa shape index (κ1) is 19.6. The number of para-hydroxylation sites is 1. The van der Waals surface area contributed by atoms with E-state index in [9.17, 15) is 4.79 Å². The molecule has 0 aromatic heterocycles. The van der Waals surface area contributed by atoms with E-state index >= 15 is 0 Å². The van der Waals surface area contributed by atoms with E-state index in [4.69, 9.17) is 4.74 Å². The Morgan fingerprint density at radius 3 is 2.14 bits per heavy atom. The van der Waals surface area contributed by atoms with E-state index in [2.05, 4.69) is 0 Å². The first-order chi connectivity index (χ1) is 13.7. The highest BCUT2D eigenvalue weighted by Gasteiger charge is 2.18. The summed E-state index contributed by atoms with van der Waals surface area (Å²) in [5, 5.41) is 0. The van der Waals surface area contributed by atoms with Gasteiger partial charge < -0.3 is 9.64 Å². The van der Waals surface area contributed by atoms with Crippen molar-refractivity contribution in [2.75, 3.05) is 25.6 Å². The van der Waals surface area contributed by atoms with Gasteiger partial charge in [0.05, 0.1) is 20.2 Å². The lowest BCUT2D eigenvalue weighted by Crippen LogP contribution is -2.38. The number of methoxy groups -OCH3 is 1. The van der Waals surface area contributed by atoms with Crippen molar-refractivity contribution < 1.29 is 9.53 Å². The highest BCUT2D eigenvalue weighted by atomic mass is 16.5. The molecule has 3 aromatic rings. The van der Waals surface area contributed by atoms with Gasteiger partial charge in [-0.3, -0.25) is 9.69 Å². The molecule has 0 atom stereocenters. The fraction of sp³-hybridized carbons (Fsp3) is 0.208. The van der Waals surface area contributed by atoms with Gasteiger partial charge in [0.15, 0.2) is 0 Å². The van der Waals surface area contributed by atoms with Gasteiger partial charge in [-0.1, -0.05) is 60.7 Å². The van der Waals surface area contributed by atoms with E-state index in [1.807, 2.05) is 102 Å². The summed E-state index contributed by atoms with van der Waals surface area (Å²) in [4.78, 5) is 17.0. The van der Waals surface area contributed by atoms with Gasteiger partial charge in [-0.25, -0.2) is 0 Å². The van der Waals surface area contributed by atoms with E-state index in [1.165, 1.54) is 0 Å². The summed E-state index contributed by atoms with van der Waals surface area (Å²) in [7, 11) is 3.62. The van der Waals surface area contributed by atoms with E-state index in [0.29, 0.717) is 19.6 Å². The van der Waals surface area contributed by atoms with Crippen molar-refractivity contribution in [3.63, 3.8) is 0 Å². The van der Waals surface area contributed by atoms with E-state index in [-0.39, 0.29) is 5.91 Å². The molecule has 0 spiro atoms. The minimum Gasteiger partial charge on any atom is -0.497 e. The van der Waals surface area contributed by atoms with Crippen molar-refractivity contribution in [1.82, 2.24) is 4.90 Å². The second-order valence-electron chi connectivity index (χ2n) is 6.82. The molecule has 0 bridgehead atoms. The van der Waals surface area contributed by atoms with Gasteiger partial charge in [0.1, 0.15) is 5.75 Å². The van der Waals surface area contributed by atoms with Crippen LogP contribution in [0.4, 0.5) is 5.69 Å². The standard InChI is InChI=1S/C24H26N2O2/c1-25(17-21-12-9-15-23(16-21)28-2)19-24(27)26(22-13-7-4-8-14-22)18-20-10-5-3-6-11-20/h3-16H,17-19H2,1-2H3. The summed E-state index contributed by atoms with van der Waals surface area (Å²) in [6.07, 6.45) is 0. The lowest BCUT2D eigenvalue weighted by Gasteiger charge is -2.26. The molecule has 0 radical (unpaired) electrons. The van der Waals surface area contributed by atoms with Crippen LogP contribution in [0.1, 0.15) is 11.1 Å². The summed E-state index contributed by atoms with van der Waals surface area (Å²) in [5.74, 6) is 0.896. The highest BCUT2D eigenvalue weighted by Crippen LogP contribution is 2.18. The summed E-state index contributed by atoms with van der Waals surface area (Å²) < 4.78 is 5.29. The fourth-order valence-corrected chi connectivity index (χ4v) is 3.15. The third-order valence-electron chi connectivity index (χ3n) is 4.54. The fourth-order valence-electron chi connectivity index (χ4n) is 3.15. The monoisotopic (exact) mass is 374 g/mol. The summed E-state index contributed by atoms with van der Waals surface area (Å²) in [6, 6.07) is 27.8. The molecule has 0 heterocycles. The maximum absolute atomic E-state index is 13.1. The van der Waals surface area contributed by atoms with Crippen molar-refractivity contribution in [1.29, 1.82) is 0 Å². The molecule has 0 saturated heterocycles. The third-order valence-corrected chi connectivity index (χ3v) is 4.54. The molecule has 4 heteroatoms. The zero-order valence-corrected chi connectivity index (χ0v) is 16.4. The number of hydrogen-bond donors (Lipinski definition) is 0. The van der Waals surface area contributed by atoms with Crippen LogP contribution in [0.25, 0.3) is 0 Å². The Bertz CT molecular complexity index is 881. The third kappa shape index (κ3) is 5.44. The van der Waals surface area contributed by atoms with Gasteiger partial charge in [-0.05, 0) is 42.4 Å². The number of rotatable bonds is 8. The van der Waals surface area contributed by atoms with Crippen LogP contribution < -0.4 is 9.64 Å². The van der Waals surface area contributed by atoms with Crippen molar-refractivity contribution in [2.45, 2.75) is 13.1 Å².